The number of pyridine rings is 1. The number of carbonyl (C=O) groups is 1. The van der Waals surface area contributed by atoms with Crippen LogP contribution in [-0.4, -0.2) is 47.2 Å². The molecule has 1 amide bonds. The smallest absolute Gasteiger partial charge is 0.257 e. The van der Waals surface area contributed by atoms with Gasteiger partial charge >= 0.3 is 0 Å². The molecule has 3 rings (SSSR count). The third-order valence-electron chi connectivity index (χ3n) is 6.12. The average Bonchev–Trinajstić information content (AvgIpc) is 3.25. The standard InChI is InChI=1S/C24H30FN3O3/c1-4-28(5-2)13-14-31-22-15-18(10-12-26-22)19-9-11-24(16-19,23(29)27-30)20-7-6-8-21(25)17(20)3/h6-8,10,12,15-16,30H,4-5,9,11,13-14H2,1-3H3,(H,27,29)/t24-/m0/s1. The van der Waals surface area contributed by atoms with Crippen molar-refractivity contribution in [2.45, 2.75) is 39.0 Å². The summed E-state index contributed by atoms with van der Waals surface area (Å²) in [6.07, 6.45) is 4.55. The highest BCUT2D eigenvalue weighted by Gasteiger charge is 2.43. The fourth-order valence-electron chi connectivity index (χ4n) is 4.21. The maximum absolute atomic E-state index is 14.2. The van der Waals surface area contributed by atoms with E-state index in [1.807, 2.05) is 18.2 Å². The second-order valence-corrected chi connectivity index (χ2v) is 7.75. The van der Waals surface area contributed by atoms with Gasteiger partial charge in [-0.15, -0.1) is 0 Å². The van der Waals surface area contributed by atoms with Gasteiger partial charge in [-0.3, -0.25) is 10.0 Å². The van der Waals surface area contributed by atoms with Crippen LogP contribution < -0.4 is 10.2 Å². The fourth-order valence-corrected chi connectivity index (χ4v) is 4.21. The number of likely N-dealkylation sites (N-methyl/N-ethyl adjacent to an activating group) is 1. The maximum atomic E-state index is 14.2. The van der Waals surface area contributed by atoms with Crippen molar-refractivity contribution in [1.82, 2.24) is 15.4 Å². The summed E-state index contributed by atoms with van der Waals surface area (Å²) in [6, 6.07) is 8.42. The van der Waals surface area contributed by atoms with Gasteiger partial charge in [-0.05, 0) is 67.3 Å². The highest BCUT2D eigenvalue weighted by Crippen LogP contribution is 2.44. The normalized spacial score (nSPS) is 18.2. The molecule has 1 aliphatic carbocycles. The number of halogens is 1. The van der Waals surface area contributed by atoms with Gasteiger partial charge in [0.1, 0.15) is 12.4 Å². The predicted octanol–water partition coefficient (Wildman–Crippen LogP) is 3.87. The Hall–Kier alpha value is -2.77. The lowest BCUT2D eigenvalue weighted by molar-refractivity contribution is -0.133. The molecule has 0 fully saturated rings. The minimum absolute atomic E-state index is 0.378. The van der Waals surface area contributed by atoms with Crippen LogP contribution in [0.4, 0.5) is 4.39 Å². The summed E-state index contributed by atoms with van der Waals surface area (Å²) in [4.78, 5) is 19.3. The molecule has 1 aliphatic rings. The van der Waals surface area contributed by atoms with Crippen molar-refractivity contribution < 1.29 is 19.1 Å². The summed E-state index contributed by atoms with van der Waals surface area (Å²) in [7, 11) is 0. The van der Waals surface area contributed by atoms with Gasteiger partial charge in [0, 0.05) is 18.8 Å². The highest BCUT2D eigenvalue weighted by atomic mass is 19.1. The van der Waals surface area contributed by atoms with E-state index in [1.165, 1.54) is 6.07 Å². The number of hydrogen-bond acceptors (Lipinski definition) is 5. The van der Waals surface area contributed by atoms with Gasteiger partial charge in [0.2, 0.25) is 5.88 Å². The van der Waals surface area contributed by atoms with Crippen molar-refractivity contribution in [2.24, 2.45) is 0 Å². The van der Waals surface area contributed by atoms with Crippen LogP contribution in [0.2, 0.25) is 0 Å². The zero-order valence-electron chi connectivity index (χ0n) is 18.3. The molecule has 1 aromatic heterocycles. The molecule has 0 aliphatic heterocycles. The van der Waals surface area contributed by atoms with E-state index in [-0.39, 0.29) is 5.82 Å². The first-order chi connectivity index (χ1) is 14.9. The van der Waals surface area contributed by atoms with Crippen LogP contribution in [0, 0.1) is 12.7 Å². The van der Waals surface area contributed by atoms with E-state index >= 15 is 0 Å². The van der Waals surface area contributed by atoms with Gasteiger partial charge in [-0.25, -0.2) is 14.9 Å². The number of nitrogens with one attached hydrogen (secondary N) is 1. The summed E-state index contributed by atoms with van der Waals surface area (Å²) >= 11 is 0. The van der Waals surface area contributed by atoms with Gasteiger partial charge < -0.3 is 9.64 Å². The van der Waals surface area contributed by atoms with Crippen LogP contribution in [0.15, 0.2) is 42.6 Å². The molecule has 2 N–H and O–H groups in total. The molecule has 0 spiro atoms. The quantitative estimate of drug-likeness (QED) is 0.469. The molecule has 0 saturated carbocycles. The van der Waals surface area contributed by atoms with Crippen molar-refractivity contribution in [3.8, 4) is 5.88 Å². The Morgan fingerprint density at radius 3 is 2.81 bits per heavy atom. The number of carbonyl (C=O) groups excluding carboxylic acids is 1. The number of nitrogens with zero attached hydrogens (tertiary/aromatic N) is 2. The summed E-state index contributed by atoms with van der Waals surface area (Å²) in [5.74, 6) is -0.421. The third-order valence-corrected chi connectivity index (χ3v) is 6.12. The lowest BCUT2D eigenvalue weighted by Crippen LogP contribution is -2.41. The van der Waals surface area contributed by atoms with E-state index in [0.29, 0.717) is 36.5 Å². The molecule has 6 nitrogen and oxygen atoms in total. The van der Waals surface area contributed by atoms with E-state index in [4.69, 9.17) is 4.74 Å². The van der Waals surface area contributed by atoms with Gasteiger partial charge in [0.25, 0.3) is 5.91 Å². The molecule has 7 heteroatoms. The summed E-state index contributed by atoms with van der Waals surface area (Å²) < 4.78 is 20.1. The average molecular weight is 428 g/mol. The molecule has 2 aromatic rings. The number of aromatic nitrogens is 1. The second kappa shape index (κ2) is 10.0. The molecular weight excluding hydrogens is 397 g/mol. The predicted molar refractivity (Wildman–Crippen MR) is 117 cm³/mol. The number of benzene rings is 1. The Morgan fingerprint density at radius 1 is 1.32 bits per heavy atom. The monoisotopic (exact) mass is 427 g/mol. The molecule has 0 bridgehead atoms. The first kappa shape index (κ1) is 22.9. The largest absolute Gasteiger partial charge is 0.476 e. The number of ether oxygens (including phenoxy) is 1. The molecule has 1 heterocycles. The minimum Gasteiger partial charge on any atom is -0.476 e. The van der Waals surface area contributed by atoms with Gasteiger partial charge in [0.15, 0.2) is 0 Å². The second-order valence-electron chi connectivity index (χ2n) is 7.75. The van der Waals surface area contributed by atoms with E-state index in [0.717, 1.165) is 30.8 Å². The minimum atomic E-state index is -1.14. The van der Waals surface area contributed by atoms with Crippen LogP contribution in [-0.2, 0) is 10.2 Å². The van der Waals surface area contributed by atoms with E-state index in [9.17, 15) is 14.4 Å². The van der Waals surface area contributed by atoms with E-state index in [2.05, 4.69) is 23.7 Å². The summed E-state index contributed by atoms with van der Waals surface area (Å²) in [6.45, 7) is 9.17. The maximum Gasteiger partial charge on any atom is 0.257 e. The molecular formula is C24H30FN3O3. The highest BCUT2D eigenvalue weighted by molar-refractivity contribution is 5.94. The Kier molecular flexibility index (Phi) is 7.41. The van der Waals surface area contributed by atoms with Crippen LogP contribution in [0.1, 0.15) is 43.4 Å². The summed E-state index contributed by atoms with van der Waals surface area (Å²) in [5.41, 5.74) is 3.43. The molecule has 1 aromatic carbocycles. The molecule has 166 valence electrons. The van der Waals surface area contributed by atoms with Crippen LogP contribution >= 0.6 is 0 Å². The van der Waals surface area contributed by atoms with Gasteiger partial charge in [-0.1, -0.05) is 32.1 Å². The first-order valence-electron chi connectivity index (χ1n) is 10.7. The zero-order chi connectivity index (χ0) is 22.4. The van der Waals surface area contributed by atoms with Gasteiger partial charge in [0.05, 0.1) is 5.41 Å². The SMILES string of the molecule is CCN(CC)CCOc1cc(C2=C[C@](C(=O)NO)(c3cccc(F)c3C)CC2)ccn1. The fraction of sp³-hybridized carbons (Fsp3) is 0.417. The van der Waals surface area contributed by atoms with E-state index in [1.54, 1.807) is 30.7 Å². The zero-order valence-corrected chi connectivity index (χ0v) is 18.3. The lowest BCUT2D eigenvalue weighted by Gasteiger charge is -2.27. The molecule has 1 atom stereocenters. The Labute approximate surface area is 182 Å². The Balaban J connectivity index is 1.88. The van der Waals surface area contributed by atoms with Crippen molar-refractivity contribution in [3.63, 3.8) is 0 Å². The first-order valence-corrected chi connectivity index (χ1v) is 10.7. The molecule has 0 saturated heterocycles. The Morgan fingerprint density at radius 2 is 2.10 bits per heavy atom. The van der Waals surface area contributed by atoms with Crippen LogP contribution in [0.3, 0.4) is 0 Å². The summed E-state index contributed by atoms with van der Waals surface area (Å²) in [5, 5.41) is 9.41. The van der Waals surface area contributed by atoms with Crippen LogP contribution in [0.5, 0.6) is 5.88 Å². The van der Waals surface area contributed by atoms with Crippen LogP contribution in [0.25, 0.3) is 5.57 Å². The van der Waals surface area contributed by atoms with Crippen molar-refractivity contribution >= 4 is 11.5 Å². The third kappa shape index (κ3) is 4.78. The van der Waals surface area contributed by atoms with Crippen molar-refractivity contribution in [3.05, 3.63) is 65.1 Å². The lowest BCUT2D eigenvalue weighted by atomic mass is 9.77. The number of amides is 1. The molecule has 31 heavy (non-hydrogen) atoms. The number of allylic oxidation sites excluding steroid dienone is 1. The number of rotatable bonds is 9. The molecule has 0 unspecified atom stereocenters. The van der Waals surface area contributed by atoms with Crippen molar-refractivity contribution in [2.75, 3.05) is 26.2 Å². The van der Waals surface area contributed by atoms with Crippen molar-refractivity contribution in [1.29, 1.82) is 0 Å². The number of hydrogen-bond donors (Lipinski definition) is 2. The number of hydroxylamine groups is 1. The topological polar surface area (TPSA) is 74.7 Å². The molecule has 0 radical (unpaired) electrons. The Bertz CT molecular complexity index is 959. The van der Waals surface area contributed by atoms with Gasteiger partial charge in [-0.2, -0.15) is 0 Å². The van der Waals surface area contributed by atoms with E-state index < -0.39 is 11.3 Å².